The number of ketones is 2. The zero-order valence-corrected chi connectivity index (χ0v) is 36.2. The average Bonchev–Trinajstić information content (AvgIpc) is 4.13. The van der Waals surface area contributed by atoms with Crippen molar-refractivity contribution in [1.29, 1.82) is 0 Å². The summed E-state index contributed by atoms with van der Waals surface area (Å²) < 4.78 is 10.3. The number of carbonyl (C=O) groups is 4. The van der Waals surface area contributed by atoms with Gasteiger partial charge in [0.15, 0.2) is 11.6 Å². The Balaban J connectivity index is 0.000000193. The van der Waals surface area contributed by atoms with Crippen molar-refractivity contribution in [3.63, 3.8) is 0 Å². The minimum Gasteiger partial charge on any atom is -0.465 e. The van der Waals surface area contributed by atoms with Crippen molar-refractivity contribution in [3.05, 3.63) is 145 Å². The predicted octanol–water partition coefficient (Wildman–Crippen LogP) is 5.96. The summed E-state index contributed by atoms with van der Waals surface area (Å²) in [6.07, 6.45) is 12.6. The second-order valence-corrected chi connectivity index (χ2v) is 15.2. The number of ether oxygens (including phenoxy) is 1. The quantitative estimate of drug-likeness (QED) is 0.0641. The van der Waals surface area contributed by atoms with Crippen LogP contribution in [0, 0.1) is 0 Å². The number of nitrogens with two attached hydrogens (primary N) is 1. The molecule has 6 aromatic heterocycles. The lowest BCUT2D eigenvalue weighted by molar-refractivity contribution is -0.142. The number of aryl methyl sites for hydroxylation is 2. The highest BCUT2D eigenvalue weighted by molar-refractivity contribution is 5.91. The van der Waals surface area contributed by atoms with Crippen LogP contribution in [0.1, 0.15) is 43.3 Å². The van der Waals surface area contributed by atoms with Crippen molar-refractivity contribution in [2.45, 2.75) is 71.6 Å². The molecule has 0 amide bonds. The second-order valence-electron chi connectivity index (χ2n) is 15.2. The van der Waals surface area contributed by atoms with E-state index in [1.807, 2.05) is 114 Å². The third-order valence-corrected chi connectivity index (χ3v) is 11.1. The molecule has 4 N–H and O–H groups in total. The number of pyridine rings is 2. The Bertz CT molecular complexity index is 2840. The smallest absolute Gasteiger partial charge is 0.319 e. The molecule has 15 heteroatoms. The lowest BCUT2D eigenvalue weighted by Crippen LogP contribution is -2.42. The molecule has 0 saturated carbocycles. The van der Waals surface area contributed by atoms with Gasteiger partial charge in [0.05, 0.1) is 55.0 Å². The molecular weight excluding hydrogens is 809 g/mol. The molecule has 328 valence electrons. The third kappa shape index (κ3) is 10.6. The molecule has 0 aliphatic carbocycles. The lowest BCUT2D eigenvalue weighted by atomic mass is 9.98. The number of aromatic amines is 1. The Morgan fingerprint density at radius 2 is 1.33 bits per heavy atom. The summed E-state index contributed by atoms with van der Waals surface area (Å²) in [5.74, 6) is -0.447. The Labute approximate surface area is 370 Å². The van der Waals surface area contributed by atoms with Crippen LogP contribution in [0.15, 0.2) is 122 Å². The first kappa shape index (κ1) is 44.7. The largest absolute Gasteiger partial charge is 0.465 e. The van der Waals surface area contributed by atoms with E-state index in [0.29, 0.717) is 32.5 Å². The van der Waals surface area contributed by atoms with Gasteiger partial charge < -0.3 is 15.5 Å². The summed E-state index contributed by atoms with van der Waals surface area (Å²) in [6, 6.07) is 25.8. The van der Waals surface area contributed by atoms with Gasteiger partial charge in [-0.2, -0.15) is 10.2 Å². The lowest BCUT2D eigenvalue weighted by Gasteiger charge is -2.17. The van der Waals surface area contributed by atoms with E-state index < -0.39 is 12.1 Å². The molecule has 0 unspecified atom stereocenters. The molecule has 2 atom stereocenters. The van der Waals surface area contributed by atoms with Crippen LogP contribution in [0.4, 0.5) is 0 Å². The van der Waals surface area contributed by atoms with E-state index >= 15 is 0 Å². The van der Waals surface area contributed by atoms with Gasteiger partial charge in [0.25, 0.3) is 0 Å². The molecule has 6 heterocycles. The van der Waals surface area contributed by atoms with E-state index in [1.54, 1.807) is 37.9 Å². The zero-order valence-electron chi connectivity index (χ0n) is 36.2. The van der Waals surface area contributed by atoms with Crippen LogP contribution in [0.3, 0.4) is 0 Å². The third-order valence-electron chi connectivity index (χ3n) is 11.1. The summed E-state index contributed by atoms with van der Waals surface area (Å²) in [5.41, 5.74) is 15.2. The van der Waals surface area contributed by atoms with Gasteiger partial charge in [0.2, 0.25) is 6.41 Å². The standard InChI is InChI=1S/C26H29N5O3.C23H23N5O2/c1-3-31-20(14-23(30-31)18-9-11-27-12-10-18)15-25(32)24(29-17-26(33)34-4-2)13-19-16-28-22-8-6-5-7-21(19)22;1-2-28-18(12-21(26-28)16-7-9-25-10-8-16)13-23(30)20(24)11-17-14-27(15-29)22-6-4-3-5-19(17)22/h5-12,14,16,24,28-29H,3-4,13,15,17H2,1-2H3;3-10,12,14-15,20H,2,11,13,24H2,1H3/t24-;20-/m00/s1. The number of hydrogen-bond acceptors (Lipinski definition) is 11. The average molecular weight is 861 g/mol. The fraction of sp³-hybridized carbons (Fsp3) is 0.265. The Morgan fingerprint density at radius 3 is 1.92 bits per heavy atom. The minimum atomic E-state index is -0.666. The van der Waals surface area contributed by atoms with Gasteiger partial charge >= 0.3 is 5.97 Å². The van der Waals surface area contributed by atoms with Crippen LogP contribution in [0.2, 0.25) is 0 Å². The van der Waals surface area contributed by atoms with Crippen LogP contribution in [0.25, 0.3) is 44.3 Å². The number of rotatable bonds is 19. The second kappa shape index (κ2) is 21.1. The van der Waals surface area contributed by atoms with Gasteiger partial charge in [-0.05, 0) is 93.3 Å². The molecule has 0 aliphatic rings. The number of H-pyrrole nitrogens is 1. The summed E-state index contributed by atoms with van der Waals surface area (Å²) in [6.45, 7) is 7.34. The number of Topliss-reactive ketones (excluding diaryl/α,β-unsaturated/α-hetero) is 2. The zero-order chi connectivity index (χ0) is 45.0. The molecule has 0 bridgehead atoms. The van der Waals surface area contributed by atoms with E-state index in [4.69, 9.17) is 10.5 Å². The SMILES string of the molecule is CCOC(=O)CN[C@@H](Cc1c[nH]c2ccccc12)C(=O)Cc1cc(-c2ccncc2)nn1CC.CCn1nc(-c2ccncc2)cc1CC(=O)[C@@H](N)Cc1cn(C=O)c2ccccc12. The predicted molar refractivity (Wildman–Crippen MR) is 246 cm³/mol. The van der Waals surface area contributed by atoms with Gasteiger partial charge in [-0.1, -0.05) is 36.4 Å². The highest BCUT2D eigenvalue weighted by Gasteiger charge is 2.24. The van der Waals surface area contributed by atoms with Crippen molar-refractivity contribution in [1.82, 2.24) is 44.4 Å². The highest BCUT2D eigenvalue weighted by atomic mass is 16.5. The molecule has 8 aromatic rings. The summed E-state index contributed by atoms with van der Waals surface area (Å²) in [4.78, 5) is 61.0. The molecule has 0 aliphatic heterocycles. The molecule has 15 nitrogen and oxygen atoms in total. The van der Waals surface area contributed by atoms with E-state index in [2.05, 4.69) is 30.5 Å². The number of benzene rings is 2. The van der Waals surface area contributed by atoms with Crippen LogP contribution in [0.5, 0.6) is 0 Å². The van der Waals surface area contributed by atoms with Crippen molar-refractivity contribution in [3.8, 4) is 22.5 Å². The number of esters is 1. The number of nitrogens with zero attached hydrogens (tertiary/aromatic N) is 7. The number of fused-ring (bicyclic) bond motifs is 2. The Morgan fingerprint density at radius 1 is 0.750 bits per heavy atom. The molecule has 0 saturated heterocycles. The van der Waals surface area contributed by atoms with Gasteiger partial charge in [-0.25, -0.2) is 0 Å². The first-order valence-corrected chi connectivity index (χ1v) is 21.4. The van der Waals surface area contributed by atoms with Crippen LogP contribution in [-0.4, -0.2) is 88.3 Å². The first-order chi connectivity index (χ1) is 31.2. The van der Waals surface area contributed by atoms with Crippen molar-refractivity contribution < 1.29 is 23.9 Å². The molecule has 0 fully saturated rings. The number of carbonyl (C=O) groups excluding carboxylic acids is 4. The van der Waals surface area contributed by atoms with Crippen LogP contribution >= 0.6 is 0 Å². The number of nitrogens with one attached hydrogen (secondary N) is 2. The normalized spacial score (nSPS) is 12.1. The van der Waals surface area contributed by atoms with Crippen LogP contribution < -0.4 is 11.1 Å². The monoisotopic (exact) mass is 860 g/mol. The summed E-state index contributed by atoms with van der Waals surface area (Å²) in [7, 11) is 0. The number of aromatic nitrogens is 8. The van der Waals surface area contributed by atoms with E-state index in [0.717, 1.165) is 73.2 Å². The molecule has 64 heavy (non-hydrogen) atoms. The fourth-order valence-corrected chi connectivity index (χ4v) is 7.80. The van der Waals surface area contributed by atoms with Gasteiger partial charge in [-0.3, -0.25) is 48.4 Å². The van der Waals surface area contributed by atoms with Gasteiger partial charge in [-0.15, -0.1) is 0 Å². The number of para-hydroxylation sites is 2. The van der Waals surface area contributed by atoms with Gasteiger partial charge in [0, 0.05) is 89.1 Å². The van der Waals surface area contributed by atoms with Crippen molar-refractivity contribution >= 4 is 45.8 Å². The maximum atomic E-state index is 13.5. The Hall–Kier alpha value is -7.36. The molecule has 8 rings (SSSR count). The maximum absolute atomic E-state index is 13.5. The summed E-state index contributed by atoms with van der Waals surface area (Å²) in [5, 5.41) is 14.4. The minimum absolute atomic E-state index is 0.00884. The summed E-state index contributed by atoms with van der Waals surface area (Å²) >= 11 is 0. The molecular formula is C49H52N10O5. The van der Waals surface area contributed by atoms with E-state index in [-0.39, 0.29) is 36.9 Å². The van der Waals surface area contributed by atoms with Crippen LogP contribution in [-0.2, 0) is 62.7 Å². The maximum Gasteiger partial charge on any atom is 0.319 e. The van der Waals surface area contributed by atoms with Crippen molar-refractivity contribution in [2.24, 2.45) is 5.73 Å². The highest BCUT2D eigenvalue weighted by Crippen LogP contribution is 2.24. The molecule has 2 aromatic carbocycles. The first-order valence-electron chi connectivity index (χ1n) is 21.4. The van der Waals surface area contributed by atoms with E-state index in [1.165, 1.54) is 4.57 Å². The van der Waals surface area contributed by atoms with Crippen molar-refractivity contribution in [2.75, 3.05) is 13.2 Å². The molecule has 0 spiro atoms. The number of hydrogen-bond donors (Lipinski definition) is 3. The topological polar surface area (TPSA) is 198 Å². The Kier molecular flexibility index (Phi) is 14.8. The molecule has 0 radical (unpaired) electrons. The van der Waals surface area contributed by atoms with Gasteiger partial charge in [0.1, 0.15) is 0 Å². The van der Waals surface area contributed by atoms with E-state index in [9.17, 15) is 19.2 Å². The fourth-order valence-electron chi connectivity index (χ4n) is 7.80.